The van der Waals surface area contributed by atoms with Crippen LogP contribution in [0.4, 0.5) is 0 Å². The molecule has 0 saturated carbocycles. The predicted molar refractivity (Wildman–Crippen MR) is 52.8 cm³/mol. The fraction of sp³-hybridized carbons (Fsp3) is 0.900. The molecule has 82 valence electrons. The summed E-state index contributed by atoms with van der Waals surface area (Å²) in [6.07, 6.45) is -0.105. The summed E-state index contributed by atoms with van der Waals surface area (Å²) >= 11 is 0. The van der Waals surface area contributed by atoms with Crippen LogP contribution in [0, 0.1) is 5.41 Å². The summed E-state index contributed by atoms with van der Waals surface area (Å²) in [7, 11) is 1.39. The number of hydrogen-bond acceptors (Lipinski definition) is 4. The van der Waals surface area contributed by atoms with Gasteiger partial charge in [-0.2, -0.15) is 0 Å². The van der Waals surface area contributed by atoms with Crippen LogP contribution in [0.25, 0.3) is 0 Å². The Hall–Kier alpha value is -0.610. The van der Waals surface area contributed by atoms with Gasteiger partial charge in [0.15, 0.2) is 0 Å². The number of nitrogens with one attached hydrogen (secondary N) is 1. The molecule has 4 nitrogen and oxygen atoms in total. The summed E-state index contributed by atoms with van der Waals surface area (Å²) in [5, 5.41) is 3.16. The van der Waals surface area contributed by atoms with Gasteiger partial charge < -0.3 is 9.47 Å². The van der Waals surface area contributed by atoms with Crippen molar-refractivity contribution >= 4 is 5.97 Å². The van der Waals surface area contributed by atoms with Crippen molar-refractivity contribution in [1.29, 1.82) is 0 Å². The van der Waals surface area contributed by atoms with Crippen LogP contribution in [0.15, 0.2) is 0 Å². The van der Waals surface area contributed by atoms with E-state index in [4.69, 9.17) is 9.47 Å². The maximum Gasteiger partial charge on any atom is 0.328 e. The number of methoxy groups -OCH3 is 1. The molecule has 2 unspecified atom stereocenters. The minimum absolute atomic E-state index is 0.0220. The highest BCUT2D eigenvalue weighted by molar-refractivity contribution is 5.80. The predicted octanol–water partition coefficient (Wildman–Crippen LogP) is 0.910. The molecule has 1 saturated heterocycles. The van der Waals surface area contributed by atoms with Gasteiger partial charge in [-0.05, 0) is 6.92 Å². The Bertz CT molecular complexity index is 234. The Balaban J connectivity index is 2.69. The number of carbonyl (C=O) groups excluding carboxylic acids is 1. The van der Waals surface area contributed by atoms with E-state index in [9.17, 15) is 4.79 Å². The fourth-order valence-electron chi connectivity index (χ4n) is 1.43. The molecule has 0 bridgehead atoms. The molecule has 1 aliphatic heterocycles. The maximum absolute atomic E-state index is 11.4. The second kappa shape index (κ2) is 3.51. The molecule has 14 heavy (non-hydrogen) atoms. The number of hydrogen-bond donors (Lipinski definition) is 1. The lowest BCUT2D eigenvalue weighted by Crippen LogP contribution is -2.52. The second-order valence-electron chi connectivity index (χ2n) is 5.03. The van der Waals surface area contributed by atoms with Crippen molar-refractivity contribution in [3.8, 4) is 0 Å². The zero-order valence-corrected chi connectivity index (χ0v) is 9.51. The Kier molecular flexibility index (Phi) is 2.88. The summed E-state index contributed by atoms with van der Waals surface area (Å²) in [4.78, 5) is 11.4. The van der Waals surface area contributed by atoms with Crippen LogP contribution in [0.5, 0.6) is 0 Å². The van der Waals surface area contributed by atoms with Crippen molar-refractivity contribution < 1.29 is 14.3 Å². The first kappa shape index (κ1) is 11.5. The molecule has 1 rings (SSSR count). The number of ether oxygens (including phenoxy) is 2. The second-order valence-corrected chi connectivity index (χ2v) is 5.03. The van der Waals surface area contributed by atoms with E-state index in [1.165, 1.54) is 7.11 Å². The molecular weight excluding hydrogens is 182 g/mol. The lowest BCUT2D eigenvalue weighted by molar-refractivity contribution is -0.147. The van der Waals surface area contributed by atoms with E-state index in [2.05, 4.69) is 26.1 Å². The van der Waals surface area contributed by atoms with Gasteiger partial charge in [-0.15, -0.1) is 0 Å². The summed E-state index contributed by atoms with van der Waals surface area (Å²) < 4.78 is 10.3. The summed E-state index contributed by atoms with van der Waals surface area (Å²) in [5.74, 6) is -0.274. The molecule has 4 heteroatoms. The summed E-state index contributed by atoms with van der Waals surface area (Å²) in [6, 6.07) is 0. The fourth-order valence-corrected chi connectivity index (χ4v) is 1.43. The van der Waals surface area contributed by atoms with E-state index in [0.717, 1.165) is 0 Å². The lowest BCUT2D eigenvalue weighted by Gasteiger charge is -2.28. The quantitative estimate of drug-likeness (QED) is 0.641. The largest absolute Gasteiger partial charge is 0.468 e. The highest BCUT2D eigenvalue weighted by Crippen LogP contribution is 2.28. The zero-order valence-electron chi connectivity index (χ0n) is 9.51. The van der Waals surface area contributed by atoms with Crippen molar-refractivity contribution in [2.45, 2.75) is 39.5 Å². The van der Waals surface area contributed by atoms with Crippen LogP contribution in [0.2, 0.25) is 0 Å². The molecular formula is C10H19NO3. The van der Waals surface area contributed by atoms with Crippen LogP contribution >= 0.6 is 0 Å². The normalized spacial score (nSPS) is 33.1. The van der Waals surface area contributed by atoms with Crippen LogP contribution < -0.4 is 5.32 Å². The minimum atomic E-state index is -0.702. The number of esters is 1. The van der Waals surface area contributed by atoms with E-state index >= 15 is 0 Å². The van der Waals surface area contributed by atoms with Crippen molar-refractivity contribution in [2.75, 3.05) is 13.7 Å². The monoisotopic (exact) mass is 201 g/mol. The van der Waals surface area contributed by atoms with Gasteiger partial charge in [0.2, 0.25) is 0 Å². The van der Waals surface area contributed by atoms with Gasteiger partial charge in [0, 0.05) is 5.41 Å². The van der Waals surface area contributed by atoms with Gasteiger partial charge in [0.25, 0.3) is 0 Å². The summed E-state index contributed by atoms with van der Waals surface area (Å²) in [5.41, 5.74) is -0.724. The van der Waals surface area contributed by atoms with E-state index < -0.39 is 5.54 Å². The van der Waals surface area contributed by atoms with E-state index in [0.29, 0.717) is 6.61 Å². The van der Waals surface area contributed by atoms with Crippen LogP contribution in [0.1, 0.15) is 27.7 Å². The van der Waals surface area contributed by atoms with Crippen LogP contribution in [0.3, 0.4) is 0 Å². The molecule has 0 radical (unpaired) electrons. The molecule has 0 aromatic heterocycles. The van der Waals surface area contributed by atoms with E-state index in [1.54, 1.807) is 6.92 Å². The zero-order chi connectivity index (χ0) is 11.0. The summed E-state index contributed by atoms with van der Waals surface area (Å²) in [6.45, 7) is 8.35. The number of carbonyl (C=O) groups is 1. The SMILES string of the molecule is COC(=O)C1(C)COC(C(C)(C)C)N1. The topological polar surface area (TPSA) is 47.6 Å². The number of rotatable bonds is 1. The van der Waals surface area contributed by atoms with Crippen molar-refractivity contribution in [1.82, 2.24) is 5.32 Å². The Morgan fingerprint density at radius 1 is 1.57 bits per heavy atom. The average Bonchev–Trinajstić information content (AvgIpc) is 2.47. The van der Waals surface area contributed by atoms with Gasteiger partial charge in [-0.25, -0.2) is 4.79 Å². The van der Waals surface area contributed by atoms with Crippen molar-refractivity contribution in [3.05, 3.63) is 0 Å². The highest BCUT2D eigenvalue weighted by Gasteiger charge is 2.46. The van der Waals surface area contributed by atoms with E-state index in [-0.39, 0.29) is 17.6 Å². The molecule has 1 heterocycles. The van der Waals surface area contributed by atoms with Crippen molar-refractivity contribution in [3.63, 3.8) is 0 Å². The molecule has 2 atom stereocenters. The first-order chi connectivity index (χ1) is 6.29. The maximum atomic E-state index is 11.4. The van der Waals surface area contributed by atoms with Gasteiger partial charge in [-0.1, -0.05) is 20.8 Å². The Morgan fingerprint density at radius 2 is 2.14 bits per heavy atom. The molecule has 1 N–H and O–H groups in total. The van der Waals surface area contributed by atoms with Gasteiger partial charge in [0.1, 0.15) is 11.8 Å². The smallest absolute Gasteiger partial charge is 0.328 e. The molecule has 0 amide bonds. The molecule has 0 aromatic rings. The Labute approximate surface area is 85.0 Å². The molecule has 1 aliphatic rings. The third kappa shape index (κ3) is 2.07. The highest BCUT2D eigenvalue weighted by atomic mass is 16.5. The van der Waals surface area contributed by atoms with Crippen LogP contribution in [-0.4, -0.2) is 31.5 Å². The van der Waals surface area contributed by atoms with Crippen molar-refractivity contribution in [2.24, 2.45) is 5.41 Å². The molecule has 0 aromatic carbocycles. The van der Waals surface area contributed by atoms with Gasteiger partial charge >= 0.3 is 5.97 Å². The molecule has 0 spiro atoms. The first-order valence-corrected chi connectivity index (χ1v) is 4.77. The minimum Gasteiger partial charge on any atom is -0.468 e. The van der Waals surface area contributed by atoms with E-state index in [1.807, 2.05) is 0 Å². The molecule has 1 fully saturated rings. The average molecular weight is 201 g/mol. The van der Waals surface area contributed by atoms with Crippen LogP contribution in [-0.2, 0) is 14.3 Å². The molecule has 0 aliphatic carbocycles. The third-order valence-corrected chi connectivity index (χ3v) is 2.41. The Morgan fingerprint density at radius 3 is 2.50 bits per heavy atom. The first-order valence-electron chi connectivity index (χ1n) is 4.77. The lowest BCUT2D eigenvalue weighted by atomic mass is 9.93. The third-order valence-electron chi connectivity index (χ3n) is 2.41. The standard InChI is InChI=1S/C10H19NO3/c1-9(2,3)7-11-10(4,6-14-7)8(12)13-5/h7,11H,6H2,1-5H3. The van der Waals surface area contributed by atoms with Gasteiger partial charge in [0.05, 0.1) is 13.7 Å². The van der Waals surface area contributed by atoms with Gasteiger partial charge in [-0.3, -0.25) is 5.32 Å².